The van der Waals surface area contributed by atoms with E-state index >= 15 is 0 Å². The van der Waals surface area contributed by atoms with Crippen LogP contribution >= 0.6 is 11.6 Å². The van der Waals surface area contributed by atoms with Crippen LogP contribution in [0.1, 0.15) is 27.9 Å². The molecule has 1 heterocycles. The number of rotatable bonds is 7. The first-order valence-electron chi connectivity index (χ1n) is 10.3. The first-order chi connectivity index (χ1) is 16.8. The molecule has 0 spiro atoms. The highest BCUT2D eigenvalue weighted by molar-refractivity contribution is 6.31. The molecule has 4 aromatic rings. The normalized spacial score (nSPS) is 10.9. The molecule has 1 aromatic heterocycles. The molecule has 0 unspecified atom stereocenters. The first kappa shape index (κ1) is 23.9. The van der Waals surface area contributed by atoms with Crippen molar-refractivity contribution in [1.82, 2.24) is 9.55 Å². The Morgan fingerprint density at radius 1 is 1.20 bits per heavy atom. The van der Waals surface area contributed by atoms with Gasteiger partial charge < -0.3 is 9.84 Å². The van der Waals surface area contributed by atoms with E-state index in [2.05, 4.69) is 4.98 Å². The summed E-state index contributed by atoms with van der Waals surface area (Å²) in [6, 6.07) is 15.0. The Hall–Kier alpha value is -4.29. The molecule has 0 aliphatic carbocycles. The number of hydrogen-bond acceptors (Lipinski definition) is 5. The zero-order valence-electron chi connectivity index (χ0n) is 17.9. The largest absolute Gasteiger partial charge is 0.491 e. The number of halogens is 3. The second-order valence-electron chi connectivity index (χ2n) is 7.49. The fourth-order valence-corrected chi connectivity index (χ4v) is 3.78. The molecule has 3 aromatic carbocycles. The van der Waals surface area contributed by atoms with Gasteiger partial charge >= 0.3 is 5.97 Å². The third-order valence-electron chi connectivity index (χ3n) is 5.28. The van der Waals surface area contributed by atoms with Gasteiger partial charge in [-0.15, -0.1) is 0 Å². The van der Waals surface area contributed by atoms with Gasteiger partial charge in [0.15, 0.2) is 0 Å². The molecule has 4 rings (SSSR count). The Balaban J connectivity index is 1.61. The van der Waals surface area contributed by atoms with E-state index in [1.807, 2.05) is 0 Å². The third kappa shape index (κ3) is 4.98. The fraction of sp³-hybridized carbons (Fsp3) is 0.120. The van der Waals surface area contributed by atoms with Crippen molar-refractivity contribution in [3.05, 3.63) is 93.0 Å². The van der Waals surface area contributed by atoms with Gasteiger partial charge in [-0.3, -0.25) is 9.36 Å². The van der Waals surface area contributed by atoms with Gasteiger partial charge in [0.2, 0.25) is 0 Å². The number of carboxylic acids is 1. The Labute approximate surface area is 202 Å². The average Bonchev–Trinajstić information content (AvgIpc) is 2.85. The summed E-state index contributed by atoms with van der Waals surface area (Å²) in [5.74, 6) is -0.657. The molecular weight excluding hydrogens is 480 g/mol. The van der Waals surface area contributed by atoms with E-state index in [4.69, 9.17) is 16.3 Å². The summed E-state index contributed by atoms with van der Waals surface area (Å²) in [6.07, 6.45) is -1.59. The molecule has 7 nitrogen and oxygen atoms in total. The lowest BCUT2D eigenvalue weighted by molar-refractivity contribution is 0.0697. The predicted molar refractivity (Wildman–Crippen MR) is 125 cm³/mol. The molecule has 0 saturated heterocycles. The molecule has 0 saturated carbocycles. The van der Waals surface area contributed by atoms with E-state index in [-0.39, 0.29) is 40.7 Å². The van der Waals surface area contributed by atoms with Crippen molar-refractivity contribution in [1.29, 1.82) is 5.26 Å². The maximum absolute atomic E-state index is 13.1. The molecular formula is C25H16ClF2N3O4. The molecule has 35 heavy (non-hydrogen) atoms. The average molecular weight is 496 g/mol. The number of carbonyl (C=O) groups is 1. The van der Waals surface area contributed by atoms with Crippen molar-refractivity contribution in [2.75, 3.05) is 6.61 Å². The lowest BCUT2D eigenvalue weighted by atomic mass is 10.0. The van der Waals surface area contributed by atoms with Crippen LogP contribution in [0.4, 0.5) is 8.78 Å². The topological polar surface area (TPSA) is 105 Å². The second-order valence-corrected chi connectivity index (χ2v) is 7.93. The van der Waals surface area contributed by atoms with Gasteiger partial charge in [-0.1, -0.05) is 23.7 Å². The summed E-state index contributed by atoms with van der Waals surface area (Å²) in [5.41, 5.74) is 0.149. The minimum atomic E-state index is -2.80. The van der Waals surface area contributed by atoms with Crippen molar-refractivity contribution in [2.45, 2.75) is 13.0 Å². The highest BCUT2D eigenvalue weighted by atomic mass is 35.5. The predicted octanol–water partition coefficient (Wildman–Crippen LogP) is 5.30. The van der Waals surface area contributed by atoms with Gasteiger partial charge in [0.05, 0.1) is 34.9 Å². The SMILES string of the molecule is N#Cc1cc(C(F)F)cc2ncn(CCOc3ccc(Cl)cc3-c3cccc(C(=O)O)c3)c(=O)c12. The molecule has 0 fully saturated rings. The number of hydrogen-bond donors (Lipinski definition) is 1. The number of aromatic nitrogens is 2. The van der Waals surface area contributed by atoms with Gasteiger partial charge in [-0.2, -0.15) is 5.26 Å². The molecule has 10 heteroatoms. The second kappa shape index (κ2) is 9.91. The van der Waals surface area contributed by atoms with Gasteiger partial charge in [-0.05, 0) is 48.0 Å². The molecule has 0 radical (unpaired) electrons. The van der Waals surface area contributed by atoms with E-state index in [9.17, 15) is 28.7 Å². The Morgan fingerprint density at radius 2 is 2.00 bits per heavy atom. The smallest absolute Gasteiger partial charge is 0.335 e. The van der Waals surface area contributed by atoms with Crippen LogP contribution in [0.25, 0.3) is 22.0 Å². The van der Waals surface area contributed by atoms with Crippen LogP contribution in [0.2, 0.25) is 5.02 Å². The number of fused-ring (bicyclic) bond motifs is 1. The Kier molecular flexibility index (Phi) is 6.75. The number of benzene rings is 3. The van der Waals surface area contributed by atoms with E-state index in [0.717, 1.165) is 12.1 Å². The highest BCUT2D eigenvalue weighted by Gasteiger charge is 2.16. The van der Waals surface area contributed by atoms with Crippen LogP contribution in [0.15, 0.2) is 65.7 Å². The van der Waals surface area contributed by atoms with E-state index in [0.29, 0.717) is 21.9 Å². The van der Waals surface area contributed by atoms with Crippen molar-refractivity contribution in [2.24, 2.45) is 0 Å². The molecule has 0 atom stereocenters. The number of nitriles is 1. The Bertz CT molecular complexity index is 1550. The third-order valence-corrected chi connectivity index (χ3v) is 5.51. The number of carboxylic acid groups (broad SMARTS) is 1. The fourth-order valence-electron chi connectivity index (χ4n) is 3.60. The van der Waals surface area contributed by atoms with Gasteiger partial charge in [0.1, 0.15) is 18.4 Å². The van der Waals surface area contributed by atoms with Crippen molar-refractivity contribution in [3.63, 3.8) is 0 Å². The van der Waals surface area contributed by atoms with E-state index in [1.165, 1.54) is 23.0 Å². The van der Waals surface area contributed by atoms with Crippen LogP contribution in [0.5, 0.6) is 5.75 Å². The van der Waals surface area contributed by atoms with E-state index < -0.39 is 18.0 Å². The maximum atomic E-state index is 13.1. The highest BCUT2D eigenvalue weighted by Crippen LogP contribution is 2.33. The summed E-state index contributed by atoms with van der Waals surface area (Å²) < 4.78 is 33.3. The summed E-state index contributed by atoms with van der Waals surface area (Å²) in [7, 11) is 0. The summed E-state index contributed by atoms with van der Waals surface area (Å²) in [5, 5.41) is 19.0. The molecule has 1 N–H and O–H groups in total. The molecule has 176 valence electrons. The zero-order valence-corrected chi connectivity index (χ0v) is 18.7. The van der Waals surface area contributed by atoms with Crippen molar-refractivity contribution < 1.29 is 23.4 Å². The lowest BCUT2D eigenvalue weighted by Gasteiger charge is -2.14. The molecule has 0 amide bonds. The molecule has 0 bridgehead atoms. The van der Waals surface area contributed by atoms with Crippen LogP contribution < -0.4 is 10.3 Å². The van der Waals surface area contributed by atoms with Crippen molar-refractivity contribution >= 4 is 28.5 Å². The zero-order chi connectivity index (χ0) is 25.1. The van der Waals surface area contributed by atoms with E-state index in [1.54, 1.807) is 36.4 Å². The number of ether oxygens (including phenoxy) is 1. The standard InChI is InChI=1S/C25H16ClF2N3O4/c26-18-4-5-21(19(11-18)14-2-1-3-15(8-14)25(33)34)35-7-6-31-13-30-20-10-16(23(27)28)9-17(12-29)22(20)24(31)32/h1-5,8-11,13,23H,6-7H2,(H,33,34). The van der Waals surface area contributed by atoms with Crippen LogP contribution in [0, 0.1) is 11.3 Å². The lowest BCUT2D eigenvalue weighted by Crippen LogP contribution is -2.24. The number of nitrogens with zero attached hydrogens (tertiary/aromatic N) is 3. The summed E-state index contributed by atoms with van der Waals surface area (Å²) in [6.45, 7) is 0.0812. The molecule has 0 aliphatic rings. The first-order valence-corrected chi connectivity index (χ1v) is 10.6. The number of alkyl halides is 2. The Morgan fingerprint density at radius 3 is 2.71 bits per heavy atom. The maximum Gasteiger partial charge on any atom is 0.335 e. The van der Waals surface area contributed by atoms with Crippen LogP contribution in [0.3, 0.4) is 0 Å². The van der Waals surface area contributed by atoms with Gasteiger partial charge in [0.25, 0.3) is 12.0 Å². The number of aromatic carboxylic acids is 1. The molecule has 0 aliphatic heterocycles. The minimum absolute atomic E-state index is 0.0137. The van der Waals surface area contributed by atoms with Gasteiger partial charge in [-0.25, -0.2) is 18.6 Å². The van der Waals surface area contributed by atoms with Crippen LogP contribution in [-0.4, -0.2) is 27.2 Å². The van der Waals surface area contributed by atoms with Crippen molar-refractivity contribution in [3.8, 4) is 22.9 Å². The summed E-state index contributed by atoms with van der Waals surface area (Å²) >= 11 is 6.14. The summed E-state index contributed by atoms with van der Waals surface area (Å²) in [4.78, 5) is 28.3. The monoisotopic (exact) mass is 495 g/mol. The quantitative estimate of drug-likeness (QED) is 0.373. The van der Waals surface area contributed by atoms with Gasteiger partial charge in [0, 0.05) is 16.1 Å². The minimum Gasteiger partial charge on any atom is -0.491 e. The van der Waals surface area contributed by atoms with Crippen LogP contribution in [-0.2, 0) is 6.54 Å².